The number of aromatic nitrogens is 2. The highest BCUT2D eigenvalue weighted by atomic mass is 16.6. The van der Waals surface area contributed by atoms with Crippen LogP contribution in [0.25, 0.3) is 5.69 Å². The van der Waals surface area contributed by atoms with E-state index in [9.17, 15) is 4.79 Å². The molecule has 1 aromatic heterocycles. The van der Waals surface area contributed by atoms with E-state index in [1.54, 1.807) is 4.90 Å². The number of hydrogen-bond donors (Lipinski definition) is 0. The summed E-state index contributed by atoms with van der Waals surface area (Å²) in [5.41, 5.74) is 2.24. The lowest BCUT2D eigenvalue weighted by Crippen LogP contribution is -2.48. The molecule has 1 fully saturated rings. The van der Waals surface area contributed by atoms with Gasteiger partial charge in [0, 0.05) is 44.5 Å². The van der Waals surface area contributed by atoms with Gasteiger partial charge in [-0.05, 0) is 19.1 Å². The number of amides is 1. The summed E-state index contributed by atoms with van der Waals surface area (Å²) in [6.07, 6.45) is 3.77. The van der Waals surface area contributed by atoms with Gasteiger partial charge in [0.15, 0.2) is 0 Å². The van der Waals surface area contributed by atoms with Crippen LogP contribution in [0.15, 0.2) is 42.7 Å². The third-order valence-corrected chi connectivity index (χ3v) is 3.96. The van der Waals surface area contributed by atoms with Crippen LogP contribution in [-0.2, 0) is 11.3 Å². The number of carbonyl (C=O) groups excluding carboxylic acids is 1. The van der Waals surface area contributed by atoms with Gasteiger partial charge in [-0.1, -0.05) is 18.2 Å². The number of piperazine rings is 1. The number of rotatable bonds is 4. The zero-order valence-electron chi connectivity index (χ0n) is 13.4. The molecular formula is C17H22N4O2. The molecule has 2 heterocycles. The minimum Gasteiger partial charge on any atom is -0.450 e. The predicted octanol–water partition coefficient (Wildman–Crippen LogP) is 2.15. The van der Waals surface area contributed by atoms with E-state index in [2.05, 4.69) is 16.2 Å². The molecule has 6 nitrogen and oxygen atoms in total. The van der Waals surface area contributed by atoms with E-state index < -0.39 is 0 Å². The van der Waals surface area contributed by atoms with E-state index in [1.165, 1.54) is 5.56 Å². The van der Waals surface area contributed by atoms with Crippen LogP contribution in [0.3, 0.4) is 0 Å². The lowest BCUT2D eigenvalue weighted by Gasteiger charge is -2.33. The van der Waals surface area contributed by atoms with Crippen LogP contribution in [-0.4, -0.2) is 58.5 Å². The average Bonchev–Trinajstić information content (AvgIpc) is 3.05. The first-order valence-electron chi connectivity index (χ1n) is 7.99. The molecule has 0 aliphatic carbocycles. The lowest BCUT2D eigenvalue weighted by molar-refractivity contribution is 0.0778. The van der Waals surface area contributed by atoms with Crippen molar-refractivity contribution in [3.05, 3.63) is 48.3 Å². The minimum atomic E-state index is -0.205. The van der Waals surface area contributed by atoms with Crippen molar-refractivity contribution in [3.8, 4) is 5.69 Å². The lowest BCUT2D eigenvalue weighted by atomic mass is 10.2. The Balaban J connectivity index is 1.53. The van der Waals surface area contributed by atoms with Gasteiger partial charge in [-0.3, -0.25) is 4.90 Å². The normalized spacial score (nSPS) is 15.6. The molecule has 1 amide bonds. The van der Waals surface area contributed by atoms with Crippen LogP contribution in [0.4, 0.5) is 4.79 Å². The maximum atomic E-state index is 11.7. The highest BCUT2D eigenvalue weighted by Gasteiger charge is 2.22. The Morgan fingerprint density at radius 3 is 2.61 bits per heavy atom. The fourth-order valence-corrected chi connectivity index (χ4v) is 2.73. The van der Waals surface area contributed by atoms with Gasteiger partial charge in [-0.25, -0.2) is 9.48 Å². The summed E-state index contributed by atoms with van der Waals surface area (Å²) in [6, 6.07) is 10.1. The monoisotopic (exact) mass is 314 g/mol. The molecule has 0 bridgehead atoms. The van der Waals surface area contributed by atoms with Gasteiger partial charge < -0.3 is 9.64 Å². The van der Waals surface area contributed by atoms with Crippen LogP contribution < -0.4 is 0 Å². The molecule has 1 aromatic carbocycles. The fourth-order valence-electron chi connectivity index (χ4n) is 2.73. The van der Waals surface area contributed by atoms with Crippen molar-refractivity contribution in [1.29, 1.82) is 0 Å². The Morgan fingerprint density at radius 2 is 1.91 bits per heavy atom. The van der Waals surface area contributed by atoms with E-state index in [4.69, 9.17) is 4.74 Å². The number of benzene rings is 1. The molecule has 3 rings (SSSR count). The molecule has 2 aromatic rings. The van der Waals surface area contributed by atoms with Crippen molar-refractivity contribution in [2.45, 2.75) is 13.5 Å². The Morgan fingerprint density at radius 1 is 1.17 bits per heavy atom. The summed E-state index contributed by atoms with van der Waals surface area (Å²) < 4.78 is 6.94. The summed E-state index contributed by atoms with van der Waals surface area (Å²) in [6.45, 7) is 6.25. The van der Waals surface area contributed by atoms with E-state index in [1.807, 2.05) is 48.1 Å². The number of hydrogen-bond acceptors (Lipinski definition) is 4. The van der Waals surface area contributed by atoms with Crippen molar-refractivity contribution in [3.63, 3.8) is 0 Å². The molecule has 6 heteroatoms. The summed E-state index contributed by atoms with van der Waals surface area (Å²) in [5.74, 6) is 0. The highest BCUT2D eigenvalue weighted by molar-refractivity contribution is 5.67. The molecular weight excluding hydrogens is 292 g/mol. The Kier molecular flexibility index (Phi) is 4.92. The van der Waals surface area contributed by atoms with Gasteiger partial charge in [-0.15, -0.1) is 0 Å². The third-order valence-electron chi connectivity index (χ3n) is 3.96. The maximum Gasteiger partial charge on any atom is 0.409 e. The molecule has 1 saturated heterocycles. The van der Waals surface area contributed by atoms with Gasteiger partial charge in [-0.2, -0.15) is 5.10 Å². The Hall–Kier alpha value is -2.34. The van der Waals surface area contributed by atoms with Crippen molar-refractivity contribution in [2.24, 2.45) is 0 Å². The quantitative estimate of drug-likeness (QED) is 0.867. The van der Waals surface area contributed by atoms with E-state index in [0.717, 1.165) is 25.3 Å². The van der Waals surface area contributed by atoms with Crippen LogP contribution in [0, 0.1) is 0 Å². The standard InChI is InChI=1S/C17H22N4O2/c1-2-23-17(22)20-10-8-19(9-11-20)13-15-12-18-21(14-15)16-6-4-3-5-7-16/h3-7,12,14H,2,8-11,13H2,1H3. The van der Waals surface area contributed by atoms with Crippen LogP contribution in [0.5, 0.6) is 0 Å². The molecule has 0 atom stereocenters. The topological polar surface area (TPSA) is 50.6 Å². The predicted molar refractivity (Wildman–Crippen MR) is 87.4 cm³/mol. The van der Waals surface area contributed by atoms with E-state index in [-0.39, 0.29) is 6.09 Å². The number of para-hydroxylation sites is 1. The second-order valence-electron chi connectivity index (χ2n) is 5.59. The summed E-state index contributed by atoms with van der Waals surface area (Å²) in [4.78, 5) is 15.8. The molecule has 23 heavy (non-hydrogen) atoms. The molecule has 1 aliphatic heterocycles. The van der Waals surface area contributed by atoms with Crippen molar-refractivity contribution < 1.29 is 9.53 Å². The average molecular weight is 314 g/mol. The Labute approximate surface area is 136 Å². The van der Waals surface area contributed by atoms with Gasteiger partial charge in [0.25, 0.3) is 0 Å². The smallest absolute Gasteiger partial charge is 0.409 e. The largest absolute Gasteiger partial charge is 0.450 e. The van der Waals surface area contributed by atoms with Gasteiger partial charge in [0.1, 0.15) is 0 Å². The third kappa shape index (κ3) is 3.90. The molecule has 0 radical (unpaired) electrons. The summed E-state index contributed by atoms with van der Waals surface area (Å²) in [5, 5.41) is 4.42. The van der Waals surface area contributed by atoms with E-state index >= 15 is 0 Å². The van der Waals surface area contributed by atoms with Gasteiger partial charge in [0.05, 0.1) is 18.5 Å². The number of ether oxygens (including phenoxy) is 1. The zero-order valence-corrected chi connectivity index (χ0v) is 13.4. The van der Waals surface area contributed by atoms with E-state index in [0.29, 0.717) is 19.7 Å². The molecule has 122 valence electrons. The SMILES string of the molecule is CCOC(=O)N1CCN(Cc2cnn(-c3ccccc3)c2)CC1. The molecule has 0 unspecified atom stereocenters. The fraction of sp³-hybridized carbons (Fsp3) is 0.412. The van der Waals surface area contributed by atoms with Crippen LogP contribution >= 0.6 is 0 Å². The summed E-state index contributed by atoms with van der Waals surface area (Å²) in [7, 11) is 0. The summed E-state index contributed by atoms with van der Waals surface area (Å²) >= 11 is 0. The van der Waals surface area contributed by atoms with Gasteiger partial charge >= 0.3 is 6.09 Å². The number of carbonyl (C=O) groups is 1. The minimum absolute atomic E-state index is 0.205. The maximum absolute atomic E-state index is 11.7. The number of nitrogens with zero attached hydrogens (tertiary/aromatic N) is 4. The van der Waals surface area contributed by atoms with Crippen LogP contribution in [0.1, 0.15) is 12.5 Å². The van der Waals surface area contributed by atoms with Gasteiger partial charge in [0.2, 0.25) is 0 Å². The van der Waals surface area contributed by atoms with Crippen LogP contribution in [0.2, 0.25) is 0 Å². The highest BCUT2D eigenvalue weighted by Crippen LogP contribution is 2.12. The molecule has 0 N–H and O–H groups in total. The second-order valence-corrected chi connectivity index (χ2v) is 5.59. The van der Waals surface area contributed by atoms with Crippen molar-refractivity contribution >= 4 is 6.09 Å². The Bertz CT molecular complexity index is 633. The molecule has 1 aliphatic rings. The molecule has 0 spiro atoms. The van der Waals surface area contributed by atoms with Crippen molar-refractivity contribution in [1.82, 2.24) is 19.6 Å². The molecule has 0 saturated carbocycles. The first-order valence-corrected chi connectivity index (χ1v) is 7.99. The first-order chi connectivity index (χ1) is 11.3. The second kappa shape index (κ2) is 7.28. The first kappa shape index (κ1) is 15.6. The van der Waals surface area contributed by atoms with Crippen molar-refractivity contribution in [2.75, 3.05) is 32.8 Å². The zero-order chi connectivity index (χ0) is 16.1.